The predicted octanol–water partition coefficient (Wildman–Crippen LogP) is 3.91. The third-order valence-corrected chi connectivity index (χ3v) is 3.42. The molecule has 0 aliphatic rings. The van der Waals surface area contributed by atoms with Gasteiger partial charge >= 0.3 is 0 Å². The highest BCUT2D eigenvalue weighted by Crippen LogP contribution is 2.31. The van der Waals surface area contributed by atoms with Crippen LogP contribution in [0.25, 0.3) is 0 Å². The van der Waals surface area contributed by atoms with Crippen molar-refractivity contribution in [1.29, 1.82) is 0 Å². The first kappa shape index (κ1) is 15.7. The van der Waals surface area contributed by atoms with Gasteiger partial charge < -0.3 is 15.8 Å². The number of rotatable bonds is 4. The quantitative estimate of drug-likeness (QED) is 0.757. The van der Waals surface area contributed by atoms with Crippen LogP contribution in [0.1, 0.15) is 16.7 Å². The number of hydrogen-bond acceptors (Lipinski definition) is 6. The van der Waals surface area contributed by atoms with Gasteiger partial charge in [0, 0.05) is 6.20 Å². The summed E-state index contributed by atoms with van der Waals surface area (Å²) in [6.07, 6.45) is 3.13. The number of nitrogens with zero attached hydrogens (tertiary/aromatic N) is 3. The van der Waals surface area contributed by atoms with E-state index in [0.717, 1.165) is 16.7 Å². The van der Waals surface area contributed by atoms with Crippen molar-refractivity contribution in [2.75, 3.05) is 11.1 Å². The molecule has 0 bridgehead atoms. The molecule has 0 radical (unpaired) electrons. The lowest BCUT2D eigenvalue weighted by atomic mass is 10.1. The standard InChI is InChI=1S/C18H19N5O/c1-11-4-5-20-15(9-11)23-17-16(19)18(22-10-21-17)24-14-7-12(2)6-13(3)8-14/h4-10H,19H2,1-3H3,(H,20,21,22,23). The number of aromatic nitrogens is 3. The number of nitrogens with two attached hydrogens (primary N) is 1. The van der Waals surface area contributed by atoms with E-state index in [-0.39, 0.29) is 0 Å². The maximum Gasteiger partial charge on any atom is 0.248 e. The molecule has 6 nitrogen and oxygen atoms in total. The number of anilines is 3. The van der Waals surface area contributed by atoms with Crippen LogP contribution in [0.5, 0.6) is 11.6 Å². The maximum absolute atomic E-state index is 6.15. The fourth-order valence-corrected chi connectivity index (χ4v) is 2.39. The van der Waals surface area contributed by atoms with Gasteiger partial charge in [-0.1, -0.05) is 6.07 Å². The van der Waals surface area contributed by atoms with Crippen molar-refractivity contribution in [1.82, 2.24) is 15.0 Å². The molecule has 0 saturated carbocycles. The average molecular weight is 321 g/mol. The van der Waals surface area contributed by atoms with Gasteiger partial charge in [-0.15, -0.1) is 0 Å². The summed E-state index contributed by atoms with van der Waals surface area (Å²) in [5.41, 5.74) is 9.80. The van der Waals surface area contributed by atoms with Gasteiger partial charge in [-0.3, -0.25) is 0 Å². The van der Waals surface area contributed by atoms with Gasteiger partial charge in [-0.25, -0.2) is 9.97 Å². The van der Waals surface area contributed by atoms with Crippen molar-refractivity contribution in [2.24, 2.45) is 0 Å². The molecule has 0 spiro atoms. The minimum Gasteiger partial charge on any atom is -0.437 e. The van der Waals surface area contributed by atoms with E-state index in [4.69, 9.17) is 10.5 Å². The van der Waals surface area contributed by atoms with Crippen molar-refractivity contribution < 1.29 is 4.74 Å². The lowest BCUT2D eigenvalue weighted by molar-refractivity contribution is 0.464. The Morgan fingerprint density at radius 2 is 1.67 bits per heavy atom. The summed E-state index contributed by atoms with van der Waals surface area (Å²) in [6.45, 7) is 6.02. The van der Waals surface area contributed by atoms with E-state index in [0.29, 0.717) is 29.0 Å². The van der Waals surface area contributed by atoms with Crippen LogP contribution >= 0.6 is 0 Å². The van der Waals surface area contributed by atoms with E-state index in [9.17, 15) is 0 Å². The van der Waals surface area contributed by atoms with Crippen LogP contribution < -0.4 is 15.8 Å². The van der Waals surface area contributed by atoms with Gasteiger partial charge in [-0.05, 0) is 61.7 Å². The summed E-state index contributed by atoms with van der Waals surface area (Å²) >= 11 is 0. The van der Waals surface area contributed by atoms with Crippen molar-refractivity contribution in [2.45, 2.75) is 20.8 Å². The minimum absolute atomic E-state index is 0.310. The van der Waals surface area contributed by atoms with Crippen LogP contribution in [0, 0.1) is 20.8 Å². The molecular weight excluding hydrogens is 302 g/mol. The smallest absolute Gasteiger partial charge is 0.248 e. The molecule has 24 heavy (non-hydrogen) atoms. The lowest BCUT2D eigenvalue weighted by Gasteiger charge is -2.12. The van der Waals surface area contributed by atoms with E-state index < -0.39 is 0 Å². The second kappa shape index (κ2) is 6.54. The number of nitrogens with one attached hydrogen (secondary N) is 1. The normalized spacial score (nSPS) is 10.5. The Bertz CT molecular complexity index is 859. The Morgan fingerprint density at radius 1 is 0.917 bits per heavy atom. The molecule has 0 saturated heterocycles. The van der Waals surface area contributed by atoms with Gasteiger partial charge in [0.25, 0.3) is 0 Å². The van der Waals surface area contributed by atoms with Crippen LogP contribution in [0.2, 0.25) is 0 Å². The Hall–Kier alpha value is -3.15. The van der Waals surface area contributed by atoms with Gasteiger partial charge in [-0.2, -0.15) is 4.98 Å². The molecule has 3 rings (SSSR count). The number of aryl methyl sites for hydroxylation is 3. The Morgan fingerprint density at radius 3 is 2.38 bits per heavy atom. The highest BCUT2D eigenvalue weighted by molar-refractivity contribution is 5.71. The number of ether oxygens (including phenoxy) is 1. The molecule has 1 aromatic carbocycles. The van der Waals surface area contributed by atoms with Gasteiger partial charge in [0.1, 0.15) is 23.6 Å². The first-order valence-corrected chi connectivity index (χ1v) is 7.57. The number of hydrogen-bond donors (Lipinski definition) is 2. The first-order valence-electron chi connectivity index (χ1n) is 7.57. The van der Waals surface area contributed by atoms with Crippen molar-refractivity contribution in [3.8, 4) is 11.6 Å². The summed E-state index contributed by atoms with van der Waals surface area (Å²) in [7, 11) is 0. The van der Waals surface area contributed by atoms with Crippen LogP contribution in [-0.4, -0.2) is 15.0 Å². The maximum atomic E-state index is 6.15. The minimum atomic E-state index is 0.310. The fraction of sp³-hybridized carbons (Fsp3) is 0.167. The summed E-state index contributed by atoms with van der Waals surface area (Å²) in [4.78, 5) is 12.6. The van der Waals surface area contributed by atoms with Gasteiger partial charge in [0.05, 0.1) is 0 Å². The predicted molar refractivity (Wildman–Crippen MR) is 94.7 cm³/mol. The molecule has 0 atom stereocenters. The molecule has 0 unspecified atom stereocenters. The third-order valence-electron chi connectivity index (χ3n) is 3.42. The van der Waals surface area contributed by atoms with Crippen LogP contribution in [-0.2, 0) is 0 Å². The molecule has 0 fully saturated rings. The highest BCUT2D eigenvalue weighted by atomic mass is 16.5. The second-order valence-corrected chi connectivity index (χ2v) is 5.71. The summed E-state index contributed by atoms with van der Waals surface area (Å²) in [5, 5.41) is 3.09. The number of benzene rings is 1. The molecule has 3 aromatic rings. The Balaban J connectivity index is 1.88. The van der Waals surface area contributed by atoms with Crippen molar-refractivity contribution in [3.63, 3.8) is 0 Å². The second-order valence-electron chi connectivity index (χ2n) is 5.71. The molecule has 6 heteroatoms. The van der Waals surface area contributed by atoms with E-state index in [2.05, 4.69) is 26.3 Å². The van der Waals surface area contributed by atoms with Gasteiger partial charge in [0.15, 0.2) is 5.82 Å². The molecule has 0 aliphatic carbocycles. The average Bonchev–Trinajstić information content (AvgIpc) is 2.50. The van der Waals surface area contributed by atoms with Crippen LogP contribution in [0.3, 0.4) is 0 Å². The largest absolute Gasteiger partial charge is 0.437 e. The summed E-state index contributed by atoms with van der Waals surface area (Å²) in [5.74, 6) is 2.13. The molecule has 0 aliphatic heterocycles. The van der Waals surface area contributed by atoms with E-state index in [1.54, 1.807) is 6.20 Å². The van der Waals surface area contributed by atoms with E-state index >= 15 is 0 Å². The lowest BCUT2D eigenvalue weighted by Crippen LogP contribution is -2.04. The Labute approximate surface area is 140 Å². The fourth-order valence-electron chi connectivity index (χ4n) is 2.39. The molecule has 2 aromatic heterocycles. The zero-order valence-corrected chi connectivity index (χ0v) is 13.9. The molecular formula is C18H19N5O. The molecule has 0 amide bonds. The third kappa shape index (κ3) is 3.60. The number of pyridine rings is 1. The first-order chi connectivity index (χ1) is 11.5. The van der Waals surface area contributed by atoms with Crippen LogP contribution in [0.15, 0.2) is 42.9 Å². The zero-order chi connectivity index (χ0) is 17.1. The topological polar surface area (TPSA) is 86.0 Å². The van der Waals surface area contributed by atoms with Crippen molar-refractivity contribution in [3.05, 3.63) is 59.5 Å². The SMILES string of the molecule is Cc1cc(C)cc(Oc2ncnc(Nc3cc(C)ccn3)c2N)c1. The zero-order valence-electron chi connectivity index (χ0n) is 13.9. The monoisotopic (exact) mass is 321 g/mol. The molecule has 3 N–H and O–H groups in total. The van der Waals surface area contributed by atoms with E-state index in [1.165, 1.54) is 6.33 Å². The van der Waals surface area contributed by atoms with Crippen LogP contribution in [0.4, 0.5) is 17.3 Å². The molecule has 122 valence electrons. The molecule has 2 heterocycles. The number of nitrogen functional groups attached to an aromatic ring is 1. The van der Waals surface area contributed by atoms with Crippen molar-refractivity contribution >= 4 is 17.3 Å². The van der Waals surface area contributed by atoms with E-state index in [1.807, 2.05) is 45.0 Å². The summed E-state index contributed by atoms with van der Waals surface area (Å²) in [6, 6.07) is 9.77. The highest BCUT2D eigenvalue weighted by Gasteiger charge is 2.11. The Kier molecular flexibility index (Phi) is 4.29. The summed E-state index contributed by atoms with van der Waals surface area (Å²) < 4.78 is 5.84. The van der Waals surface area contributed by atoms with Gasteiger partial charge in [0.2, 0.25) is 5.88 Å².